The number of carbonyl (C=O) groups excluding carboxylic acids is 1. The van der Waals surface area contributed by atoms with E-state index in [0.717, 1.165) is 16.9 Å². The molecule has 0 saturated heterocycles. The zero-order chi connectivity index (χ0) is 18.1. The number of hydrogen-bond acceptors (Lipinski definition) is 4. The van der Waals surface area contributed by atoms with Crippen molar-refractivity contribution in [1.82, 2.24) is 0 Å². The van der Waals surface area contributed by atoms with Gasteiger partial charge in [0.2, 0.25) is 0 Å². The van der Waals surface area contributed by atoms with Crippen LogP contribution in [-0.4, -0.2) is 32.4 Å². The number of esters is 1. The third-order valence-corrected chi connectivity index (χ3v) is 3.34. The van der Waals surface area contributed by atoms with E-state index in [1.165, 1.54) is 12.1 Å². The van der Waals surface area contributed by atoms with Crippen LogP contribution in [0.2, 0.25) is 0 Å². The van der Waals surface area contributed by atoms with Gasteiger partial charge in [0.15, 0.2) is 0 Å². The third kappa shape index (κ3) is 6.39. The summed E-state index contributed by atoms with van der Waals surface area (Å²) in [7, 11) is 0. The first-order chi connectivity index (χ1) is 12.1. The molecule has 2 aromatic rings. The summed E-state index contributed by atoms with van der Waals surface area (Å²) >= 11 is 0. The van der Waals surface area contributed by atoms with Crippen LogP contribution in [0.15, 0.2) is 60.7 Å². The maximum absolute atomic E-state index is 12.9. The minimum atomic E-state index is -0.416. The van der Waals surface area contributed by atoms with E-state index >= 15 is 0 Å². The predicted molar refractivity (Wildman–Crippen MR) is 93.9 cm³/mol. The lowest BCUT2D eigenvalue weighted by Gasteiger charge is -2.09. The highest BCUT2D eigenvalue weighted by atomic mass is 19.1. The highest BCUT2D eigenvalue weighted by Crippen LogP contribution is 2.22. The Labute approximate surface area is 146 Å². The minimum absolute atomic E-state index is 0.193. The molecule has 2 aromatic carbocycles. The summed E-state index contributed by atoms with van der Waals surface area (Å²) < 4.78 is 28.7. The number of carbonyl (C=O) groups is 1. The van der Waals surface area contributed by atoms with Crippen molar-refractivity contribution >= 4 is 5.97 Å². The molecular weight excluding hydrogens is 323 g/mol. The van der Waals surface area contributed by atoms with Gasteiger partial charge in [-0.05, 0) is 42.3 Å². The molecule has 0 amide bonds. The van der Waals surface area contributed by atoms with Gasteiger partial charge in [-0.2, -0.15) is 0 Å². The van der Waals surface area contributed by atoms with E-state index < -0.39 is 5.97 Å². The van der Waals surface area contributed by atoms with Gasteiger partial charge in [-0.15, -0.1) is 0 Å². The number of benzene rings is 2. The molecule has 0 fully saturated rings. The first kappa shape index (κ1) is 18.7. The van der Waals surface area contributed by atoms with Gasteiger partial charge in [-0.3, -0.25) is 0 Å². The maximum atomic E-state index is 12.9. The molecule has 0 spiro atoms. The average Bonchev–Trinajstić information content (AvgIpc) is 2.62. The molecule has 0 atom stereocenters. The van der Waals surface area contributed by atoms with Gasteiger partial charge in [-0.1, -0.05) is 30.8 Å². The minimum Gasteiger partial charge on any atom is -0.491 e. The maximum Gasteiger partial charge on any atom is 0.333 e. The Kier molecular flexibility index (Phi) is 7.16. The fraction of sp³-hybridized carbons (Fsp3) is 0.250. The predicted octanol–water partition coefficient (Wildman–Crippen LogP) is 4.01. The molecule has 132 valence electrons. The molecule has 0 saturated carbocycles. The van der Waals surface area contributed by atoms with Crippen LogP contribution in [0.3, 0.4) is 0 Å². The topological polar surface area (TPSA) is 44.8 Å². The Hall–Kier alpha value is -2.66. The second-order valence-electron chi connectivity index (χ2n) is 5.41. The highest BCUT2D eigenvalue weighted by molar-refractivity contribution is 5.86. The van der Waals surface area contributed by atoms with Gasteiger partial charge in [0.25, 0.3) is 0 Å². The Morgan fingerprint density at radius 2 is 1.48 bits per heavy atom. The van der Waals surface area contributed by atoms with Gasteiger partial charge in [-0.25, -0.2) is 9.18 Å². The first-order valence-corrected chi connectivity index (χ1v) is 7.95. The van der Waals surface area contributed by atoms with Crippen LogP contribution in [0.5, 0.6) is 5.75 Å². The SMILES string of the molecule is C=C(C)C(=O)OCCOCCOc1ccc(-c2ccc(F)cc2)cc1. The molecule has 25 heavy (non-hydrogen) atoms. The van der Waals surface area contributed by atoms with Crippen LogP contribution in [0, 0.1) is 5.82 Å². The average molecular weight is 344 g/mol. The number of halogens is 1. The van der Waals surface area contributed by atoms with Gasteiger partial charge in [0, 0.05) is 5.57 Å². The van der Waals surface area contributed by atoms with Gasteiger partial charge >= 0.3 is 5.97 Å². The molecule has 0 bridgehead atoms. The van der Waals surface area contributed by atoms with Crippen LogP contribution < -0.4 is 4.74 Å². The molecule has 0 N–H and O–H groups in total. The van der Waals surface area contributed by atoms with E-state index in [0.29, 0.717) is 25.4 Å². The molecule has 0 heterocycles. The smallest absolute Gasteiger partial charge is 0.333 e. The van der Waals surface area contributed by atoms with Crippen molar-refractivity contribution in [1.29, 1.82) is 0 Å². The molecule has 0 unspecified atom stereocenters. The molecule has 0 aromatic heterocycles. The Morgan fingerprint density at radius 1 is 0.920 bits per heavy atom. The molecule has 0 aliphatic heterocycles. The molecule has 0 aliphatic rings. The van der Waals surface area contributed by atoms with E-state index in [2.05, 4.69) is 6.58 Å². The fourth-order valence-corrected chi connectivity index (χ4v) is 2.02. The standard InChI is InChI=1S/C20H21FO4/c1-15(2)20(22)25-14-12-23-11-13-24-19-9-5-17(6-10-19)16-3-7-18(21)8-4-16/h3-10H,1,11-14H2,2H3. The molecular formula is C20H21FO4. The summed E-state index contributed by atoms with van der Waals surface area (Å²) in [6.07, 6.45) is 0. The normalized spacial score (nSPS) is 10.3. The van der Waals surface area contributed by atoms with E-state index in [1.807, 2.05) is 24.3 Å². The van der Waals surface area contributed by atoms with Crippen molar-refractivity contribution < 1.29 is 23.4 Å². The Bertz CT molecular complexity index is 693. The fourth-order valence-electron chi connectivity index (χ4n) is 2.02. The van der Waals surface area contributed by atoms with Crippen LogP contribution in [0.1, 0.15) is 6.92 Å². The lowest BCUT2D eigenvalue weighted by atomic mass is 10.1. The summed E-state index contributed by atoms with van der Waals surface area (Å²) in [6, 6.07) is 13.9. The highest BCUT2D eigenvalue weighted by Gasteiger charge is 2.02. The van der Waals surface area contributed by atoms with Crippen molar-refractivity contribution in [2.75, 3.05) is 26.4 Å². The molecule has 0 aliphatic carbocycles. The van der Waals surface area contributed by atoms with Crippen LogP contribution in [-0.2, 0) is 14.3 Å². The van der Waals surface area contributed by atoms with Gasteiger partial charge < -0.3 is 14.2 Å². The molecule has 5 heteroatoms. The summed E-state index contributed by atoms with van der Waals surface area (Å²) in [5.74, 6) is 0.0577. The summed E-state index contributed by atoms with van der Waals surface area (Å²) in [5, 5.41) is 0. The van der Waals surface area contributed by atoms with Crippen LogP contribution in [0.25, 0.3) is 11.1 Å². The van der Waals surface area contributed by atoms with Crippen molar-refractivity contribution in [2.24, 2.45) is 0 Å². The van der Waals surface area contributed by atoms with Gasteiger partial charge in [0.1, 0.15) is 24.8 Å². The van der Waals surface area contributed by atoms with E-state index in [4.69, 9.17) is 14.2 Å². The summed E-state index contributed by atoms with van der Waals surface area (Å²) in [6.45, 7) is 6.38. The number of hydrogen-bond donors (Lipinski definition) is 0. The Balaban J connectivity index is 1.66. The molecule has 0 radical (unpaired) electrons. The number of ether oxygens (including phenoxy) is 3. The first-order valence-electron chi connectivity index (χ1n) is 7.95. The van der Waals surface area contributed by atoms with Crippen molar-refractivity contribution in [2.45, 2.75) is 6.92 Å². The van der Waals surface area contributed by atoms with Crippen LogP contribution in [0.4, 0.5) is 4.39 Å². The van der Waals surface area contributed by atoms with Crippen molar-refractivity contribution in [3.05, 3.63) is 66.5 Å². The number of rotatable bonds is 9. The molecule has 2 rings (SSSR count). The summed E-state index contributed by atoms with van der Waals surface area (Å²) in [4.78, 5) is 11.1. The Morgan fingerprint density at radius 3 is 2.08 bits per heavy atom. The van der Waals surface area contributed by atoms with Crippen molar-refractivity contribution in [3.63, 3.8) is 0 Å². The van der Waals surface area contributed by atoms with Gasteiger partial charge in [0.05, 0.1) is 13.2 Å². The van der Waals surface area contributed by atoms with Crippen LogP contribution >= 0.6 is 0 Å². The van der Waals surface area contributed by atoms with E-state index in [9.17, 15) is 9.18 Å². The van der Waals surface area contributed by atoms with Crippen molar-refractivity contribution in [3.8, 4) is 16.9 Å². The lowest BCUT2D eigenvalue weighted by molar-refractivity contribution is -0.140. The largest absolute Gasteiger partial charge is 0.491 e. The zero-order valence-electron chi connectivity index (χ0n) is 14.2. The van der Waals surface area contributed by atoms with E-state index in [1.54, 1.807) is 19.1 Å². The zero-order valence-corrected chi connectivity index (χ0v) is 14.2. The van der Waals surface area contributed by atoms with E-state index in [-0.39, 0.29) is 12.4 Å². The quantitative estimate of drug-likeness (QED) is 0.392. The lowest BCUT2D eigenvalue weighted by Crippen LogP contribution is -2.13. The monoisotopic (exact) mass is 344 g/mol. The third-order valence-electron chi connectivity index (χ3n) is 3.34. The second-order valence-corrected chi connectivity index (χ2v) is 5.41. The summed E-state index contributed by atoms with van der Waals surface area (Å²) in [5.41, 5.74) is 2.30. The molecule has 4 nitrogen and oxygen atoms in total. The second kappa shape index (κ2) is 9.59.